The summed E-state index contributed by atoms with van der Waals surface area (Å²) < 4.78 is 41.6. The van der Waals surface area contributed by atoms with E-state index in [0.29, 0.717) is 6.42 Å². The van der Waals surface area contributed by atoms with Crippen molar-refractivity contribution in [1.82, 2.24) is 10.2 Å². The third-order valence-electron chi connectivity index (χ3n) is 4.88. The molecule has 4 N–H and O–H groups in total. The molecule has 0 saturated heterocycles. The quantitative estimate of drug-likeness (QED) is 0.405. The Kier molecular flexibility index (Phi) is 13.1. The molecule has 1 heterocycles. The normalized spacial score (nSPS) is 13.8. The smallest absolute Gasteiger partial charge is 0.475 e. The van der Waals surface area contributed by atoms with E-state index in [4.69, 9.17) is 24.8 Å². The molecule has 2 amide bonds. The summed E-state index contributed by atoms with van der Waals surface area (Å²) in [6, 6.07) is -0.620. The zero-order valence-electron chi connectivity index (χ0n) is 20.6. The van der Waals surface area contributed by atoms with Gasteiger partial charge in [-0.3, -0.25) is 9.59 Å². The van der Waals surface area contributed by atoms with Crippen molar-refractivity contribution in [3.8, 4) is 0 Å². The van der Waals surface area contributed by atoms with Gasteiger partial charge in [0.05, 0.1) is 25.7 Å². The molecule has 1 aromatic rings. The largest absolute Gasteiger partial charge is 0.490 e. The van der Waals surface area contributed by atoms with Crippen molar-refractivity contribution in [3.63, 3.8) is 0 Å². The Bertz CT molecular complexity index is 827. The number of carboxylic acid groups (broad SMARTS) is 1. The highest BCUT2D eigenvalue weighted by atomic mass is 19.4. The van der Waals surface area contributed by atoms with Crippen molar-refractivity contribution in [1.29, 1.82) is 0 Å². The van der Waals surface area contributed by atoms with Gasteiger partial charge < -0.3 is 30.2 Å². The van der Waals surface area contributed by atoms with Crippen molar-refractivity contribution in [3.05, 3.63) is 24.2 Å². The van der Waals surface area contributed by atoms with Crippen LogP contribution >= 0.6 is 0 Å². The number of alkyl halides is 3. The first-order chi connectivity index (χ1) is 16.0. The van der Waals surface area contributed by atoms with Crippen molar-refractivity contribution in [2.24, 2.45) is 17.6 Å². The van der Waals surface area contributed by atoms with Gasteiger partial charge in [-0.25, -0.2) is 9.59 Å². The second-order valence-corrected chi connectivity index (χ2v) is 8.59. The molecule has 0 aliphatic heterocycles. The molecule has 1 rings (SSSR count). The van der Waals surface area contributed by atoms with Crippen molar-refractivity contribution in [2.45, 2.75) is 64.8 Å². The van der Waals surface area contributed by atoms with E-state index < -0.39 is 42.1 Å². The lowest BCUT2D eigenvalue weighted by atomic mass is 10.00. The number of carbonyl (C=O) groups excluding carboxylic acids is 3. The van der Waals surface area contributed by atoms with Crippen LogP contribution in [-0.4, -0.2) is 72.2 Å². The summed E-state index contributed by atoms with van der Waals surface area (Å²) in [6.07, 6.45) is -1.39. The third-order valence-corrected chi connectivity index (χ3v) is 4.88. The Labute approximate surface area is 202 Å². The average Bonchev–Trinajstić information content (AvgIpc) is 3.27. The summed E-state index contributed by atoms with van der Waals surface area (Å²) in [5.41, 5.74) is 6.75. The third kappa shape index (κ3) is 11.3. The van der Waals surface area contributed by atoms with Crippen LogP contribution < -0.4 is 11.1 Å². The van der Waals surface area contributed by atoms with Gasteiger partial charge in [-0.15, -0.1) is 0 Å². The SMILES string of the molecule is COC(=O)[C@H](CC(C)C)NC(=O)[C@H](Cc1ccoc1)N(C)C(=O)[C@@H](N)C(C)C.O=C(O)C(F)(F)F. The molecule has 200 valence electrons. The van der Waals surface area contributed by atoms with Gasteiger partial charge in [-0.1, -0.05) is 27.7 Å². The minimum Gasteiger partial charge on any atom is -0.475 e. The fourth-order valence-electron chi connectivity index (χ4n) is 2.81. The summed E-state index contributed by atoms with van der Waals surface area (Å²) in [4.78, 5) is 48.1. The molecular formula is C22H34F3N3O7. The molecule has 10 nitrogen and oxygen atoms in total. The number of nitrogens with one attached hydrogen (secondary N) is 1. The average molecular weight is 510 g/mol. The highest BCUT2D eigenvalue weighted by molar-refractivity contribution is 5.92. The minimum absolute atomic E-state index is 0.0728. The second kappa shape index (κ2) is 14.3. The van der Waals surface area contributed by atoms with Gasteiger partial charge in [0.15, 0.2) is 0 Å². The predicted molar refractivity (Wildman–Crippen MR) is 119 cm³/mol. The lowest BCUT2D eigenvalue weighted by Crippen LogP contribution is -2.56. The van der Waals surface area contributed by atoms with E-state index in [1.165, 1.54) is 24.5 Å². The fourth-order valence-corrected chi connectivity index (χ4v) is 2.81. The molecule has 35 heavy (non-hydrogen) atoms. The van der Waals surface area contributed by atoms with E-state index in [-0.39, 0.29) is 24.2 Å². The number of esters is 1. The molecule has 0 radical (unpaired) electrons. The summed E-state index contributed by atoms with van der Waals surface area (Å²) in [6.45, 7) is 7.58. The number of halogens is 3. The van der Waals surface area contributed by atoms with Crippen molar-refractivity contribution in [2.75, 3.05) is 14.2 Å². The monoisotopic (exact) mass is 509 g/mol. The Hall–Kier alpha value is -3.09. The van der Waals surface area contributed by atoms with Gasteiger partial charge in [0.25, 0.3) is 0 Å². The van der Waals surface area contributed by atoms with Crippen LogP contribution in [0.5, 0.6) is 0 Å². The first-order valence-corrected chi connectivity index (χ1v) is 10.7. The predicted octanol–water partition coefficient (Wildman–Crippen LogP) is 1.97. The first-order valence-electron chi connectivity index (χ1n) is 10.7. The standard InChI is InChI=1S/C20H33N3O5.C2HF3O2/c1-12(2)9-15(20(26)27-6)22-18(24)16(10-14-7-8-28-11-14)23(5)19(25)17(21)13(3)4;3-2(4,5)1(6)7/h7-8,11-13,15-17H,9-10,21H2,1-6H3,(H,22,24);(H,6,7)/t15-,16-,17-;/m0./s1. The lowest BCUT2D eigenvalue weighted by molar-refractivity contribution is -0.192. The summed E-state index contributed by atoms with van der Waals surface area (Å²) in [5, 5.41) is 9.86. The Morgan fingerprint density at radius 2 is 1.74 bits per heavy atom. The fraction of sp³-hybridized carbons (Fsp3) is 0.636. The van der Waals surface area contributed by atoms with Crippen molar-refractivity contribution < 1.29 is 46.6 Å². The van der Waals surface area contributed by atoms with Gasteiger partial charge in [0.1, 0.15) is 12.1 Å². The zero-order valence-corrected chi connectivity index (χ0v) is 20.6. The molecule has 0 aliphatic carbocycles. The van der Waals surface area contributed by atoms with Crippen LogP contribution in [0.4, 0.5) is 13.2 Å². The van der Waals surface area contributed by atoms with Gasteiger partial charge in [-0.2, -0.15) is 13.2 Å². The number of carboxylic acids is 1. The van der Waals surface area contributed by atoms with Gasteiger partial charge in [-0.05, 0) is 29.9 Å². The van der Waals surface area contributed by atoms with Crippen molar-refractivity contribution >= 4 is 23.8 Å². The number of likely N-dealkylation sites (N-methyl/N-ethyl adjacent to an activating group) is 1. The number of hydrogen-bond donors (Lipinski definition) is 3. The van der Waals surface area contributed by atoms with Crippen LogP contribution in [0, 0.1) is 11.8 Å². The first kappa shape index (κ1) is 31.9. The Balaban J connectivity index is 0.00000143. The van der Waals surface area contributed by atoms with E-state index in [1.54, 1.807) is 13.1 Å². The number of hydrogen-bond acceptors (Lipinski definition) is 7. The van der Waals surface area contributed by atoms with E-state index in [2.05, 4.69) is 5.32 Å². The topological polar surface area (TPSA) is 152 Å². The zero-order chi connectivity index (χ0) is 27.5. The lowest BCUT2D eigenvalue weighted by Gasteiger charge is -2.31. The molecule has 3 atom stereocenters. The number of amides is 2. The number of carbonyl (C=O) groups is 4. The number of ether oxygens (including phenoxy) is 1. The highest BCUT2D eigenvalue weighted by Gasteiger charge is 2.38. The molecule has 0 saturated carbocycles. The van der Waals surface area contributed by atoms with E-state index in [0.717, 1.165) is 5.56 Å². The summed E-state index contributed by atoms with van der Waals surface area (Å²) >= 11 is 0. The van der Waals surface area contributed by atoms with Gasteiger partial charge >= 0.3 is 18.1 Å². The van der Waals surface area contributed by atoms with Crippen LogP contribution in [-0.2, 0) is 30.3 Å². The maximum absolute atomic E-state index is 13.0. The number of nitrogens with two attached hydrogens (primary N) is 1. The van der Waals surface area contributed by atoms with Crippen LogP contribution in [0.25, 0.3) is 0 Å². The van der Waals surface area contributed by atoms with E-state index >= 15 is 0 Å². The molecule has 0 fully saturated rings. The number of furan rings is 1. The molecule has 0 aliphatic rings. The number of aliphatic carboxylic acids is 1. The molecule has 1 aromatic heterocycles. The van der Waals surface area contributed by atoms with Gasteiger partial charge in [0, 0.05) is 13.5 Å². The maximum Gasteiger partial charge on any atom is 0.490 e. The van der Waals surface area contributed by atoms with Crippen LogP contribution in [0.3, 0.4) is 0 Å². The minimum atomic E-state index is -5.08. The van der Waals surface area contributed by atoms with Crippen LogP contribution in [0.2, 0.25) is 0 Å². The van der Waals surface area contributed by atoms with Crippen LogP contribution in [0.15, 0.2) is 23.0 Å². The molecule has 0 unspecified atom stereocenters. The second-order valence-electron chi connectivity index (χ2n) is 8.59. The molecular weight excluding hydrogens is 475 g/mol. The number of nitrogens with zero attached hydrogens (tertiary/aromatic N) is 1. The highest BCUT2D eigenvalue weighted by Crippen LogP contribution is 2.14. The number of methoxy groups -OCH3 is 1. The Morgan fingerprint density at radius 1 is 1.20 bits per heavy atom. The summed E-state index contributed by atoms with van der Waals surface area (Å²) in [5.74, 6) is -3.95. The molecule has 13 heteroatoms. The Morgan fingerprint density at radius 3 is 2.11 bits per heavy atom. The maximum atomic E-state index is 13.0. The molecule has 0 bridgehead atoms. The van der Waals surface area contributed by atoms with Gasteiger partial charge in [0.2, 0.25) is 11.8 Å². The van der Waals surface area contributed by atoms with E-state index in [9.17, 15) is 27.6 Å². The van der Waals surface area contributed by atoms with Crippen LogP contribution in [0.1, 0.15) is 39.7 Å². The summed E-state index contributed by atoms with van der Waals surface area (Å²) in [7, 11) is 2.83. The molecule has 0 spiro atoms. The van der Waals surface area contributed by atoms with E-state index in [1.807, 2.05) is 27.7 Å². The number of rotatable bonds is 10. The molecule has 0 aromatic carbocycles.